The predicted octanol–water partition coefficient (Wildman–Crippen LogP) is 4.72. The zero-order valence-corrected chi connectivity index (χ0v) is 16.6. The van der Waals surface area contributed by atoms with Crippen LogP contribution in [0.4, 0.5) is 5.69 Å². The minimum absolute atomic E-state index is 0.0155. The van der Waals surface area contributed by atoms with Crippen molar-refractivity contribution in [2.24, 2.45) is 0 Å². The maximum absolute atomic E-state index is 12.5. The smallest absolute Gasteiger partial charge is 0.261 e. The Morgan fingerprint density at radius 1 is 0.964 bits per heavy atom. The van der Waals surface area contributed by atoms with Gasteiger partial charge in [0.2, 0.25) is 0 Å². The summed E-state index contributed by atoms with van der Waals surface area (Å²) in [4.78, 5) is 25.2. The molecule has 0 fully saturated rings. The third-order valence-corrected chi connectivity index (χ3v) is 4.78. The Balaban J connectivity index is 1.60. The van der Waals surface area contributed by atoms with E-state index in [9.17, 15) is 9.59 Å². The Morgan fingerprint density at radius 3 is 2.39 bits per heavy atom. The lowest BCUT2D eigenvalue weighted by Gasteiger charge is -2.15. The van der Waals surface area contributed by atoms with Crippen LogP contribution in [-0.4, -0.2) is 17.9 Å². The topological polar surface area (TPSA) is 67.4 Å². The summed E-state index contributed by atoms with van der Waals surface area (Å²) in [5.41, 5.74) is 2.09. The van der Waals surface area contributed by atoms with Gasteiger partial charge in [0.15, 0.2) is 0 Å². The monoisotopic (exact) mass is 394 g/mol. The average molecular weight is 394 g/mol. The molecule has 1 aromatic heterocycles. The standard InChI is InChI=1S/C22H22N2O3S/c1-15(2)27-19-7-4-3-6-18(19)24-21(25)17-11-9-16(10-12-17)14-23-22(26)20-8-5-13-28-20/h3-13,15H,14H2,1-2H3,(H,23,26)(H,24,25). The number of ether oxygens (including phenoxy) is 1. The van der Waals surface area contributed by atoms with E-state index in [-0.39, 0.29) is 17.9 Å². The summed E-state index contributed by atoms with van der Waals surface area (Å²) in [6, 6.07) is 18.1. The number of para-hydroxylation sites is 2. The first-order valence-electron chi connectivity index (χ1n) is 9.00. The SMILES string of the molecule is CC(C)Oc1ccccc1NC(=O)c1ccc(CNC(=O)c2cccs2)cc1. The molecular formula is C22H22N2O3S. The summed E-state index contributed by atoms with van der Waals surface area (Å²) in [5.74, 6) is 0.325. The molecule has 2 amide bonds. The van der Waals surface area contributed by atoms with Crippen molar-refractivity contribution in [3.63, 3.8) is 0 Å². The Kier molecular flexibility index (Phi) is 6.45. The lowest BCUT2D eigenvalue weighted by atomic mass is 10.1. The van der Waals surface area contributed by atoms with E-state index in [0.717, 1.165) is 5.56 Å². The van der Waals surface area contributed by atoms with Crippen LogP contribution in [0.3, 0.4) is 0 Å². The van der Waals surface area contributed by atoms with Crippen LogP contribution in [0.5, 0.6) is 5.75 Å². The molecule has 0 bridgehead atoms. The fraction of sp³-hybridized carbons (Fsp3) is 0.182. The minimum Gasteiger partial charge on any atom is -0.489 e. The van der Waals surface area contributed by atoms with Gasteiger partial charge >= 0.3 is 0 Å². The Morgan fingerprint density at radius 2 is 1.71 bits per heavy atom. The van der Waals surface area contributed by atoms with Crippen molar-refractivity contribution in [1.29, 1.82) is 0 Å². The van der Waals surface area contributed by atoms with E-state index in [4.69, 9.17) is 4.74 Å². The van der Waals surface area contributed by atoms with Crippen LogP contribution in [0, 0.1) is 0 Å². The zero-order valence-electron chi connectivity index (χ0n) is 15.8. The van der Waals surface area contributed by atoms with E-state index in [1.807, 2.05) is 61.7 Å². The number of carbonyl (C=O) groups is 2. The first-order chi connectivity index (χ1) is 13.5. The summed E-state index contributed by atoms with van der Waals surface area (Å²) in [6.07, 6.45) is 0.0155. The number of carbonyl (C=O) groups excluding carboxylic acids is 2. The second-order valence-electron chi connectivity index (χ2n) is 6.47. The number of hydrogen-bond donors (Lipinski definition) is 2. The van der Waals surface area contributed by atoms with E-state index in [1.165, 1.54) is 11.3 Å². The lowest BCUT2D eigenvalue weighted by Crippen LogP contribution is -2.21. The molecule has 3 rings (SSSR count). The molecule has 3 aromatic rings. The molecule has 0 saturated heterocycles. The van der Waals surface area contributed by atoms with Gasteiger partial charge in [0.1, 0.15) is 5.75 Å². The summed E-state index contributed by atoms with van der Waals surface area (Å²) >= 11 is 1.40. The van der Waals surface area contributed by atoms with Gasteiger partial charge in [0.05, 0.1) is 16.7 Å². The van der Waals surface area contributed by atoms with Gasteiger partial charge in [-0.05, 0) is 55.1 Å². The molecule has 144 valence electrons. The van der Waals surface area contributed by atoms with E-state index < -0.39 is 0 Å². The lowest BCUT2D eigenvalue weighted by molar-refractivity contribution is 0.0953. The number of benzene rings is 2. The van der Waals surface area contributed by atoms with Crippen molar-refractivity contribution in [3.8, 4) is 5.75 Å². The molecule has 0 unspecified atom stereocenters. The van der Waals surface area contributed by atoms with Crippen LogP contribution in [0.2, 0.25) is 0 Å². The summed E-state index contributed by atoms with van der Waals surface area (Å²) in [7, 11) is 0. The molecule has 0 aliphatic heterocycles. The van der Waals surface area contributed by atoms with Gasteiger partial charge in [-0.15, -0.1) is 11.3 Å². The number of thiophene rings is 1. The molecule has 0 atom stereocenters. The maximum atomic E-state index is 12.5. The molecule has 0 spiro atoms. The molecule has 0 radical (unpaired) electrons. The fourth-order valence-corrected chi connectivity index (χ4v) is 3.21. The number of amides is 2. The van der Waals surface area contributed by atoms with E-state index in [2.05, 4.69) is 10.6 Å². The molecule has 2 aromatic carbocycles. The Labute approximate surface area is 168 Å². The molecule has 5 nitrogen and oxygen atoms in total. The summed E-state index contributed by atoms with van der Waals surface area (Å²) in [6.45, 7) is 4.28. The highest BCUT2D eigenvalue weighted by atomic mass is 32.1. The highest BCUT2D eigenvalue weighted by Crippen LogP contribution is 2.25. The van der Waals surface area contributed by atoms with Crippen LogP contribution < -0.4 is 15.4 Å². The number of hydrogen-bond acceptors (Lipinski definition) is 4. The van der Waals surface area contributed by atoms with Gasteiger partial charge in [0.25, 0.3) is 11.8 Å². The van der Waals surface area contributed by atoms with Crippen molar-refractivity contribution in [2.45, 2.75) is 26.5 Å². The van der Waals surface area contributed by atoms with E-state index >= 15 is 0 Å². The third kappa shape index (κ3) is 5.20. The van der Waals surface area contributed by atoms with Crippen LogP contribution in [-0.2, 0) is 6.54 Å². The molecule has 0 aliphatic carbocycles. The van der Waals surface area contributed by atoms with Crippen LogP contribution in [0.25, 0.3) is 0 Å². The largest absolute Gasteiger partial charge is 0.489 e. The van der Waals surface area contributed by atoms with Crippen LogP contribution in [0.1, 0.15) is 39.4 Å². The normalized spacial score (nSPS) is 10.5. The van der Waals surface area contributed by atoms with Crippen molar-refractivity contribution in [3.05, 3.63) is 82.0 Å². The van der Waals surface area contributed by atoms with Crippen molar-refractivity contribution in [2.75, 3.05) is 5.32 Å². The van der Waals surface area contributed by atoms with Crippen LogP contribution >= 0.6 is 11.3 Å². The average Bonchev–Trinajstić information content (AvgIpc) is 3.22. The molecule has 2 N–H and O–H groups in total. The zero-order chi connectivity index (χ0) is 19.9. The molecular weight excluding hydrogens is 372 g/mol. The Bertz CT molecular complexity index is 935. The minimum atomic E-state index is -0.214. The van der Waals surface area contributed by atoms with Crippen molar-refractivity contribution >= 4 is 28.8 Å². The van der Waals surface area contributed by atoms with Gasteiger partial charge in [-0.2, -0.15) is 0 Å². The number of rotatable bonds is 7. The molecule has 28 heavy (non-hydrogen) atoms. The predicted molar refractivity (Wildman–Crippen MR) is 112 cm³/mol. The van der Waals surface area contributed by atoms with Gasteiger partial charge in [-0.3, -0.25) is 9.59 Å². The van der Waals surface area contributed by atoms with Crippen LogP contribution in [0.15, 0.2) is 66.0 Å². The maximum Gasteiger partial charge on any atom is 0.261 e. The van der Waals surface area contributed by atoms with Crippen molar-refractivity contribution < 1.29 is 14.3 Å². The Hall–Kier alpha value is -3.12. The third-order valence-electron chi connectivity index (χ3n) is 3.91. The highest BCUT2D eigenvalue weighted by molar-refractivity contribution is 7.12. The van der Waals surface area contributed by atoms with Crippen molar-refractivity contribution in [1.82, 2.24) is 5.32 Å². The second kappa shape index (κ2) is 9.19. The molecule has 0 aliphatic rings. The first kappa shape index (κ1) is 19.6. The highest BCUT2D eigenvalue weighted by Gasteiger charge is 2.11. The van der Waals surface area contributed by atoms with Gasteiger partial charge in [0, 0.05) is 12.1 Å². The fourth-order valence-electron chi connectivity index (χ4n) is 2.57. The van der Waals surface area contributed by atoms with Gasteiger partial charge < -0.3 is 15.4 Å². The van der Waals surface area contributed by atoms with Gasteiger partial charge in [-0.25, -0.2) is 0 Å². The number of anilines is 1. The van der Waals surface area contributed by atoms with Gasteiger partial charge in [-0.1, -0.05) is 30.3 Å². The van der Waals surface area contributed by atoms with E-state index in [0.29, 0.717) is 28.4 Å². The molecule has 6 heteroatoms. The van der Waals surface area contributed by atoms with E-state index in [1.54, 1.807) is 18.2 Å². The second-order valence-corrected chi connectivity index (χ2v) is 7.42. The summed E-state index contributed by atoms with van der Waals surface area (Å²) in [5, 5.41) is 7.63. The molecule has 0 saturated carbocycles. The summed E-state index contributed by atoms with van der Waals surface area (Å²) < 4.78 is 5.73. The quantitative estimate of drug-likeness (QED) is 0.609. The number of nitrogens with one attached hydrogen (secondary N) is 2. The first-order valence-corrected chi connectivity index (χ1v) is 9.88. The molecule has 1 heterocycles.